The number of hydrogen-bond donors (Lipinski definition) is 1. The number of likely N-dealkylation sites (N-methyl/N-ethyl adjacent to an activating group) is 1. The third-order valence-corrected chi connectivity index (χ3v) is 3.87. The molecule has 0 atom stereocenters. The number of piperazine rings is 1. The van der Waals surface area contributed by atoms with Gasteiger partial charge in [-0.3, -0.25) is 4.55 Å². The van der Waals surface area contributed by atoms with E-state index in [1.54, 1.807) is 12.1 Å². The summed E-state index contributed by atoms with van der Waals surface area (Å²) < 4.78 is 30.7. The molecule has 0 bridgehead atoms. The van der Waals surface area contributed by atoms with Gasteiger partial charge in [0.25, 0.3) is 10.1 Å². The zero-order chi connectivity index (χ0) is 12.5. The van der Waals surface area contributed by atoms with Crippen LogP contribution in [0, 0.1) is 0 Å². The second kappa shape index (κ2) is 4.64. The second-order valence-electron chi connectivity index (χ2n) is 4.26. The van der Waals surface area contributed by atoms with Crippen molar-refractivity contribution in [2.24, 2.45) is 0 Å². The average molecular weight is 256 g/mol. The lowest BCUT2D eigenvalue weighted by Gasteiger charge is -2.34. The van der Waals surface area contributed by atoms with Crippen LogP contribution in [0.4, 0.5) is 5.69 Å². The molecule has 0 aromatic heterocycles. The lowest BCUT2D eigenvalue weighted by atomic mass is 10.2. The highest BCUT2D eigenvalue weighted by Gasteiger charge is 2.15. The van der Waals surface area contributed by atoms with E-state index < -0.39 is 10.1 Å². The van der Waals surface area contributed by atoms with Crippen LogP contribution >= 0.6 is 0 Å². The molecule has 0 unspecified atom stereocenters. The van der Waals surface area contributed by atoms with Gasteiger partial charge in [0.05, 0.1) is 4.90 Å². The molecule has 1 aliphatic rings. The van der Waals surface area contributed by atoms with Crippen molar-refractivity contribution in [1.82, 2.24) is 4.90 Å². The topological polar surface area (TPSA) is 60.9 Å². The van der Waals surface area contributed by atoms with Crippen LogP contribution in [0.1, 0.15) is 0 Å². The summed E-state index contributed by atoms with van der Waals surface area (Å²) >= 11 is 0. The third kappa shape index (κ3) is 2.96. The van der Waals surface area contributed by atoms with E-state index in [0.717, 1.165) is 31.9 Å². The van der Waals surface area contributed by atoms with Gasteiger partial charge >= 0.3 is 0 Å². The summed E-state index contributed by atoms with van der Waals surface area (Å²) in [6, 6.07) is 6.33. The lowest BCUT2D eigenvalue weighted by Crippen LogP contribution is -2.44. The number of anilines is 1. The van der Waals surface area contributed by atoms with Crippen molar-refractivity contribution in [2.75, 3.05) is 38.1 Å². The predicted octanol–water partition coefficient (Wildman–Crippen LogP) is 0.685. The van der Waals surface area contributed by atoms with Gasteiger partial charge in [0.2, 0.25) is 0 Å². The number of hydrogen-bond acceptors (Lipinski definition) is 4. The smallest absolute Gasteiger partial charge is 0.294 e. The van der Waals surface area contributed by atoms with Crippen LogP contribution in [-0.4, -0.2) is 51.1 Å². The van der Waals surface area contributed by atoms with E-state index in [1.165, 1.54) is 12.1 Å². The Bertz CT molecular complexity index is 476. The fraction of sp³-hybridized carbons (Fsp3) is 0.455. The van der Waals surface area contributed by atoms with Crippen molar-refractivity contribution in [3.05, 3.63) is 24.3 Å². The van der Waals surface area contributed by atoms with Gasteiger partial charge in [-0.1, -0.05) is 0 Å². The Labute approximate surface area is 101 Å². The molecule has 2 rings (SSSR count). The second-order valence-corrected chi connectivity index (χ2v) is 5.68. The molecule has 17 heavy (non-hydrogen) atoms. The van der Waals surface area contributed by atoms with Gasteiger partial charge < -0.3 is 9.80 Å². The maximum absolute atomic E-state index is 10.9. The van der Waals surface area contributed by atoms with Gasteiger partial charge in [0.1, 0.15) is 0 Å². The summed E-state index contributed by atoms with van der Waals surface area (Å²) in [5.41, 5.74) is 0.991. The first kappa shape index (κ1) is 12.3. The predicted molar refractivity (Wildman–Crippen MR) is 66.0 cm³/mol. The van der Waals surface area contributed by atoms with E-state index in [9.17, 15) is 8.42 Å². The Morgan fingerprint density at radius 2 is 1.59 bits per heavy atom. The highest BCUT2D eigenvalue weighted by atomic mass is 32.2. The monoisotopic (exact) mass is 256 g/mol. The molecule has 94 valence electrons. The van der Waals surface area contributed by atoms with Crippen molar-refractivity contribution >= 4 is 15.8 Å². The molecular formula is C11H16N2O3S. The van der Waals surface area contributed by atoms with E-state index >= 15 is 0 Å². The van der Waals surface area contributed by atoms with Crippen LogP contribution in [0.15, 0.2) is 29.2 Å². The normalized spacial score (nSPS) is 18.4. The van der Waals surface area contributed by atoms with Crippen LogP contribution in [-0.2, 0) is 10.1 Å². The molecule has 1 N–H and O–H groups in total. The molecule has 0 radical (unpaired) electrons. The largest absolute Gasteiger partial charge is 0.369 e. The van der Waals surface area contributed by atoms with Crippen molar-refractivity contribution < 1.29 is 13.0 Å². The Balaban J connectivity index is 2.13. The molecule has 0 aliphatic carbocycles. The number of benzene rings is 1. The average Bonchev–Trinajstić information content (AvgIpc) is 2.29. The summed E-state index contributed by atoms with van der Waals surface area (Å²) in [5.74, 6) is 0. The fourth-order valence-corrected chi connectivity index (χ4v) is 2.37. The molecule has 1 aromatic carbocycles. The summed E-state index contributed by atoms with van der Waals surface area (Å²) in [6.07, 6.45) is 0. The molecule has 1 saturated heterocycles. The van der Waals surface area contributed by atoms with Gasteiger partial charge in [-0.2, -0.15) is 8.42 Å². The molecule has 0 saturated carbocycles. The number of nitrogens with zero attached hydrogens (tertiary/aromatic N) is 2. The fourth-order valence-electron chi connectivity index (χ4n) is 1.89. The van der Waals surface area contributed by atoms with E-state index in [0.29, 0.717) is 0 Å². The minimum absolute atomic E-state index is 0.0598. The Morgan fingerprint density at radius 1 is 1.06 bits per heavy atom. The molecule has 1 aliphatic heterocycles. The molecular weight excluding hydrogens is 240 g/mol. The van der Waals surface area contributed by atoms with Crippen LogP contribution in [0.3, 0.4) is 0 Å². The van der Waals surface area contributed by atoms with Gasteiger partial charge in [0.15, 0.2) is 0 Å². The summed E-state index contributed by atoms with van der Waals surface area (Å²) in [5, 5.41) is 0. The van der Waals surface area contributed by atoms with Gasteiger partial charge in [-0.25, -0.2) is 0 Å². The van der Waals surface area contributed by atoms with E-state index in [-0.39, 0.29) is 4.90 Å². The molecule has 1 aromatic rings. The van der Waals surface area contributed by atoms with Crippen LogP contribution < -0.4 is 4.90 Å². The Kier molecular flexibility index (Phi) is 3.37. The Morgan fingerprint density at radius 3 is 2.06 bits per heavy atom. The first-order valence-corrected chi connectivity index (χ1v) is 6.92. The molecule has 0 spiro atoms. The molecule has 0 amide bonds. The standard InChI is InChI=1S/C11H16N2O3S/c1-12-6-8-13(9-7-12)10-2-4-11(5-3-10)17(14,15)16/h2-5H,6-9H2,1H3,(H,14,15,16). The quantitative estimate of drug-likeness (QED) is 0.789. The summed E-state index contributed by atoms with van der Waals surface area (Å²) in [7, 11) is -2.00. The lowest BCUT2D eigenvalue weighted by molar-refractivity contribution is 0.313. The maximum Gasteiger partial charge on any atom is 0.294 e. The van der Waals surface area contributed by atoms with Crippen molar-refractivity contribution in [1.29, 1.82) is 0 Å². The summed E-state index contributed by atoms with van der Waals surface area (Å²) in [4.78, 5) is 4.40. The molecule has 6 heteroatoms. The molecule has 1 heterocycles. The van der Waals surface area contributed by atoms with Crippen LogP contribution in [0.5, 0.6) is 0 Å². The Hall–Kier alpha value is -1.11. The third-order valence-electron chi connectivity index (χ3n) is 3.00. The minimum atomic E-state index is -4.09. The first-order chi connectivity index (χ1) is 7.97. The molecule has 5 nitrogen and oxygen atoms in total. The van der Waals surface area contributed by atoms with E-state index in [4.69, 9.17) is 4.55 Å². The van der Waals surface area contributed by atoms with Crippen molar-refractivity contribution in [2.45, 2.75) is 4.90 Å². The highest BCUT2D eigenvalue weighted by Crippen LogP contribution is 2.18. The van der Waals surface area contributed by atoms with Gasteiger partial charge in [-0.15, -0.1) is 0 Å². The van der Waals surface area contributed by atoms with Gasteiger partial charge in [-0.05, 0) is 31.3 Å². The number of rotatable bonds is 2. The first-order valence-electron chi connectivity index (χ1n) is 5.48. The molecule has 1 fully saturated rings. The highest BCUT2D eigenvalue weighted by molar-refractivity contribution is 7.85. The van der Waals surface area contributed by atoms with Crippen LogP contribution in [0.2, 0.25) is 0 Å². The zero-order valence-electron chi connectivity index (χ0n) is 9.70. The minimum Gasteiger partial charge on any atom is -0.369 e. The van der Waals surface area contributed by atoms with Crippen molar-refractivity contribution in [3.8, 4) is 0 Å². The van der Waals surface area contributed by atoms with Crippen LogP contribution in [0.25, 0.3) is 0 Å². The maximum atomic E-state index is 10.9. The van der Waals surface area contributed by atoms with Crippen molar-refractivity contribution in [3.63, 3.8) is 0 Å². The summed E-state index contributed by atoms with van der Waals surface area (Å²) in [6.45, 7) is 3.86. The van der Waals surface area contributed by atoms with E-state index in [1.807, 2.05) is 0 Å². The zero-order valence-corrected chi connectivity index (χ0v) is 10.5. The SMILES string of the molecule is CN1CCN(c2ccc(S(=O)(=O)O)cc2)CC1. The van der Waals surface area contributed by atoms with E-state index in [2.05, 4.69) is 16.8 Å². The van der Waals surface area contributed by atoms with Gasteiger partial charge in [0, 0.05) is 31.9 Å².